The lowest BCUT2D eigenvalue weighted by atomic mass is 10.2. The molecule has 0 spiro atoms. The zero-order valence-electron chi connectivity index (χ0n) is 13.9. The van der Waals surface area contributed by atoms with Crippen LogP contribution in [0.25, 0.3) is 10.8 Å². The van der Waals surface area contributed by atoms with Crippen LogP contribution in [0.15, 0.2) is 28.2 Å². The molecule has 4 heterocycles. The van der Waals surface area contributed by atoms with Crippen LogP contribution in [0.3, 0.4) is 0 Å². The van der Waals surface area contributed by atoms with Crippen molar-refractivity contribution in [2.45, 2.75) is 44.4 Å². The topological polar surface area (TPSA) is 47.7 Å². The maximum Gasteiger partial charge on any atom is 0.162 e. The number of furan rings is 1. The quantitative estimate of drug-likeness (QED) is 0.766. The lowest BCUT2D eigenvalue weighted by Gasteiger charge is -2.26. The van der Waals surface area contributed by atoms with E-state index >= 15 is 0 Å². The third-order valence-electron chi connectivity index (χ3n) is 4.64. The van der Waals surface area contributed by atoms with Gasteiger partial charge >= 0.3 is 0 Å². The van der Waals surface area contributed by atoms with Gasteiger partial charge in [-0.2, -0.15) is 0 Å². The Kier molecular flexibility index (Phi) is 5.27. The number of hydrogen-bond donors (Lipinski definition) is 0. The van der Waals surface area contributed by atoms with E-state index in [9.17, 15) is 0 Å². The Morgan fingerprint density at radius 1 is 1.12 bits per heavy atom. The molecule has 24 heavy (non-hydrogen) atoms. The largest absolute Gasteiger partial charge is 0.462 e. The van der Waals surface area contributed by atoms with E-state index in [1.165, 1.54) is 12.8 Å². The minimum atomic E-state index is 0.356. The van der Waals surface area contributed by atoms with Gasteiger partial charge in [0.1, 0.15) is 0 Å². The van der Waals surface area contributed by atoms with Gasteiger partial charge in [0.15, 0.2) is 10.8 Å². The molecule has 0 amide bonds. The highest BCUT2D eigenvalue weighted by Crippen LogP contribution is 2.25. The molecule has 0 aromatic carbocycles. The maximum absolute atomic E-state index is 5.83. The Morgan fingerprint density at radius 2 is 1.88 bits per heavy atom. The number of nitrogens with zero attached hydrogens (tertiary/aromatic N) is 2. The summed E-state index contributed by atoms with van der Waals surface area (Å²) >= 11 is 1.64. The molecule has 130 valence electrons. The van der Waals surface area contributed by atoms with Gasteiger partial charge in [0.25, 0.3) is 0 Å². The molecule has 2 aromatic heterocycles. The minimum absolute atomic E-state index is 0.356. The average Bonchev–Trinajstić information content (AvgIpc) is 3.37. The van der Waals surface area contributed by atoms with Crippen LogP contribution in [0, 0.1) is 0 Å². The zero-order valence-corrected chi connectivity index (χ0v) is 14.7. The van der Waals surface area contributed by atoms with E-state index in [0.29, 0.717) is 12.2 Å². The first-order chi connectivity index (χ1) is 11.9. The fourth-order valence-electron chi connectivity index (χ4n) is 3.48. The minimum Gasteiger partial charge on any atom is -0.462 e. The SMILES string of the molecule is c1coc(-c2nc(CN(C[C@@H]3CCCO3)C[C@@H]3CCCO3)cs2)c1. The van der Waals surface area contributed by atoms with E-state index in [4.69, 9.17) is 18.9 Å². The van der Waals surface area contributed by atoms with E-state index in [1.807, 2.05) is 12.1 Å². The van der Waals surface area contributed by atoms with Crippen molar-refractivity contribution in [1.29, 1.82) is 0 Å². The summed E-state index contributed by atoms with van der Waals surface area (Å²) in [4.78, 5) is 7.19. The van der Waals surface area contributed by atoms with Gasteiger partial charge in [-0.25, -0.2) is 4.98 Å². The molecule has 0 saturated carbocycles. The van der Waals surface area contributed by atoms with Gasteiger partial charge in [-0.3, -0.25) is 4.90 Å². The highest BCUT2D eigenvalue weighted by Gasteiger charge is 2.24. The van der Waals surface area contributed by atoms with Gasteiger partial charge in [-0.15, -0.1) is 11.3 Å². The molecule has 2 aliphatic heterocycles. The Balaban J connectivity index is 1.41. The second kappa shape index (κ2) is 7.78. The molecule has 2 aliphatic rings. The molecule has 2 saturated heterocycles. The summed E-state index contributed by atoms with van der Waals surface area (Å²) in [7, 11) is 0. The summed E-state index contributed by atoms with van der Waals surface area (Å²) in [5.41, 5.74) is 1.10. The standard InChI is InChI=1S/C18H24N2O3S/c1-4-15(21-7-1)11-20(12-16-5-2-8-22-16)10-14-13-24-18(19-14)17-6-3-9-23-17/h3,6,9,13,15-16H,1-2,4-5,7-8,10-12H2/t15-,16-/m0/s1. The Labute approximate surface area is 146 Å². The lowest BCUT2D eigenvalue weighted by Crippen LogP contribution is -2.37. The first kappa shape index (κ1) is 16.3. The number of hydrogen-bond acceptors (Lipinski definition) is 6. The van der Waals surface area contributed by atoms with Gasteiger partial charge in [0.2, 0.25) is 0 Å². The van der Waals surface area contributed by atoms with Gasteiger partial charge in [0, 0.05) is 38.2 Å². The van der Waals surface area contributed by atoms with Crippen LogP contribution >= 0.6 is 11.3 Å². The van der Waals surface area contributed by atoms with Crippen LogP contribution in [-0.4, -0.2) is 48.4 Å². The van der Waals surface area contributed by atoms with Crippen molar-refractivity contribution >= 4 is 11.3 Å². The molecular weight excluding hydrogens is 324 g/mol. The molecule has 0 unspecified atom stereocenters. The van der Waals surface area contributed by atoms with Crippen molar-refractivity contribution in [3.05, 3.63) is 29.5 Å². The fourth-order valence-corrected chi connectivity index (χ4v) is 4.26. The van der Waals surface area contributed by atoms with Crippen LogP contribution in [0.4, 0.5) is 0 Å². The first-order valence-corrected chi connectivity index (χ1v) is 9.68. The van der Waals surface area contributed by atoms with Crippen molar-refractivity contribution in [3.8, 4) is 10.8 Å². The highest BCUT2D eigenvalue weighted by atomic mass is 32.1. The second-order valence-electron chi connectivity index (χ2n) is 6.59. The average molecular weight is 348 g/mol. The summed E-state index contributed by atoms with van der Waals surface area (Å²) in [6.45, 7) is 4.58. The molecule has 2 fully saturated rings. The van der Waals surface area contributed by atoms with Crippen molar-refractivity contribution in [2.75, 3.05) is 26.3 Å². The van der Waals surface area contributed by atoms with Crippen LogP contribution in [0.5, 0.6) is 0 Å². The summed E-state index contributed by atoms with van der Waals surface area (Å²) in [6.07, 6.45) is 7.09. The van der Waals surface area contributed by atoms with Gasteiger partial charge in [-0.05, 0) is 37.8 Å². The Hall–Kier alpha value is -1.21. The van der Waals surface area contributed by atoms with E-state index < -0.39 is 0 Å². The number of aromatic nitrogens is 1. The smallest absolute Gasteiger partial charge is 0.162 e. The molecule has 0 N–H and O–H groups in total. The predicted octanol–water partition coefficient (Wildman–Crippen LogP) is 3.56. The molecule has 0 bridgehead atoms. The Morgan fingerprint density at radius 3 is 2.46 bits per heavy atom. The zero-order chi connectivity index (χ0) is 16.2. The van der Waals surface area contributed by atoms with Gasteiger partial charge < -0.3 is 13.9 Å². The fraction of sp³-hybridized carbons (Fsp3) is 0.611. The molecule has 6 heteroatoms. The van der Waals surface area contributed by atoms with Crippen LogP contribution < -0.4 is 0 Å². The van der Waals surface area contributed by atoms with E-state index in [-0.39, 0.29) is 0 Å². The van der Waals surface area contributed by atoms with Crippen molar-refractivity contribution in [2.24, 2.45) is 0 Å². The first-order valence-electron chi connectivity index (χ1n) is 8.80. The van der Waals surface area contributed by atoms with E-state index in [0.717, 1.165) is 62.2 Å². The summed E-state index contributed by atoms with van der Waals surface area (Å²) in [6, 6.07) is 3.86. The van der Waals surface area contributed by atoms with Crippen LogP contribution in [0.1, 0.15) is 31.4 Å². The second-order valence-corrected chi connectivity index (χ2v) is 7.44. The predicted molar refractivity (Wildman–Crippen MR) is 93.0 cm³/mol. The maximum atomic E-state index is 5.83. The molecule has 0 aliphatic carbocycles. The summed E-state index contributed by atoms with van der Waals surface area (Å²) in [5, 5.41) is 3.08. The number of thiazole rings is 1. The molecule has 2 atom stereocenters. The van der Waals surface area contributed by atoms with E-state index in [1.54, 1.807) is 17.6 Å². The molecule has 4 rings (SSSR count). The third-order valence-corrected chi connectivity index (χ3v) is 5.55. The lowest BCUT2D eigenvalue weighted by molar-refractivity contribution is 0.0342. The molecule has 5 nitrogen and oxygen atoms in total. The molecule has 2 aromatic rings. The monoisotopic (exact) mass is 348 g/mol. The summed E-state index contributed by atoms with van der Waals surface area (Å²) in [5.74, 6) is 0.844. The molecule has 0 radical (unpaired) electrons. The van der Waals surface area contributed by atoms with Crippen LogP contribution in [0.2, 0.25) is 0 Å². The van der Waals surface area contributed by atoms with E-state index in [2.05, 4.69) is 10.3 Å². The van der Waals surface area contributed by atoms with Crippen molar-refractivity contribution < 1.29 is 13.9 Å². The van der Waals surface area contributed by atoms with Crippen LogP contribution in [-0.2, 0) is 16.0 Å². The number of ether oxygens (including phenoxy) is 2. The van der Waals surface area contributed by atoms with Gasteiger partial charge in [0.05, 0.1) is 24.2 Å². The Bertz CT molecular complexity index is 598. The number of rotatable bonds is 7. The van der Waals surface area contributed by atoms with Gasteiger partial charge in [-0.1, -0.05) is 0 Å². The normalized spacial score (nSPS) is 24.2. The highest BCUT2D eigenvalue weighted by molar-refractivity contribution is 7.13. The van der Waals surface area contributed by atoms with Crippen molar-refractivity contribution in [3.63, 3.8) is 0 Å². The molecular formula is C18H24N2O3S. The summed E-state index contributed by atoms with van der Waals surface area (Å²) < 4.78 is 17.1. The van der Waals surface area contributed by atoms with Crippen molar-refractivity contribution in [1.82, 2.24) is 9.88 Å². The third kappa shape index (κ3) is 4.06.